The topological polar surface area (TPSA) is 80.0 Å². The number of fused-ring (bicyclic) bond motifs is 1. The highest BCUT2D eigenvalue weighted by Crippen LogP contribution is 2.31. The van der Waals surface area contributed by atoms with Crippen molar-refractivity contribution < 1.29 is 9.90 Å². The molecule has 1 aliphatic rings. The Balaban J connectivity index is 1.60. The molecule has 1 heterocycles. The molecule has 0 saturated heterocycles. The molecule has 1 aromatic heterocycles. The molecule has 21 heavy (non-hydrogen) atoms. The van der Waals surface area contributed by atoms with Crippen LogP contribution >= 0.6 is 0 Å². The van der Waals surface area contributed by atoms with Gasteiger partial charge in [0.1, 0.15) is 17.6 Å². The molecule has 3 rings (SSSR count). The van der Waals surface area contributed by atoms with Crippen molar-refractivity contribution in [3.05, 3.63) is 24.3 Å². The number of aliphatic hydroxyl groups is 1. The van der Waals surface area contributed by atoms with E-state index in [9.17, 15) is 9.90 Å². The van der Waals surface area contributed by atoms with Gasteiger partial charge in [0.15, 0.2) is 0 Å². The lowest BCUT2D eigenvalue weighted by Crippen LogP contribution is -2.47. The number of benzene rings is 1. The number of nitrogens with one attached hydrogen (secondary N) is 1. The smallest absolute Gasteiger partial charge is 0.243 e. The summed E-state index contributed by atoms with van der Waals surface area (Å²) in [4.78, 5) is 13.5. The maximum atomic E-state index is 12.1. The first-order chi connectivity index (χ1) is 10.2. The van der Waals surface area contributed by atoms with Gasteiger partial charge in [-0.05, 0) is 37.3 Å². The normalized spacial score (nSPS) is 22.8. The van der Waals surface area contributed by atoms with Gasteiger partial charge in [0.2, 0.25) is 5.91 Å². The molecular formula is C15H20N4O2. The van der Waals surface area contributed by atoms with Gasteiger partial charge in [-0.2, -0.15) is 15.0 Å². The Labute approximate surface area is 123 Å². The summed E-state index contributed by atoms with van der Waals surface area (Å²) in [5, 5.41) is 21.0. The van der Waals surface area contributed by atoms with Gasteiger partial charge in [-0.1, -0.05) is 19.1 Å². The average molecular weight is 288 g/mol. The summed E-state index contributed by atoms with van der Waals surface area (Å²) >= 11 is 0. The van der Waals surface area contributed by atoms with Crippen LogP contribution in [0, 0.1) is 5.92 Å². The quantitative estimate of drug-likeness (QED) is 0.863. The van der Waals surface area contributed by atoms with Gasteiger partial charge in [0, 0.05) is 6.04 Å². The van der Waals surface area contributed by atoms with Crippen LogP contribution in [0.5, 0.6) is 0 Å². The lowest BCUT2D eigenvalue weighted by atomic mass is 9.76. The summed E-state index contributed by atoms with van der Waals surface area (Å²) in [6.45, 7) is 2.18. The summed E-state index contributed by atoms with van der Waals surface area (Å²) in [7, 11) is 0. The van der Waals surface area contributed by atoms with Gasteiger partial charge in [-0.3, -0.25) is 4.79 Å². The number of nitrogens with zero attached hydrogens (tertiary/aromatic N) is 3. The summed E-state index contributed by atoms with van der Waals surface area (Å²) in [6, 6.07) is 7.68. The summed E-state index contributed by atoms with van der Waals surface area (Å²) in [5.74, 6) is 0.308. The molecule has 6 nitrogen and oxygen atoms in total. The Hall–Kier alpha value is -1.95. The number of hydrogen-bond acceptors (Lipinski definition) is 4. The number of carbonyl (C=O) groups excluding carboxylic acids is 1. The van der Waals surface area contributed by atoms with Crippen molar-refractivity contribution in [2.75, 3.05) is 0 Å². The van der Waals surface area contributed by atoms with Gasteiger partial charge in [-0.25, -0.2) is 0 Å². The summed E-state index contributed by atoms with van der Waals surface area (Å²) in [5.41, 5.74) is 1.58. The van der Waals surface area contributed by atoms with Crippen molar-refractivity contribution in [2.45, 2.75) is 44.9 Å². The predicted molar refractivity (Wildman–Crippen MR) is 78.5 cm³/mol. The molecule has 6 heteroatoms. The van der Waals surface area contributed by atoms with Gasteiger partial charge < -0.3 is 10.4 Å². The van der Waals surface area contributed by atoms with Crippen molar-refractivity contribution >= 4 is 16.9 Å². The SMILES string of the molecule is CC[C@H](NC(=O)Cn1nc2ccccc2n1)C1CC(O)C1. The van der Waals surface area contributed by atoms with Gasteiger partial charge in [-0.15, -0.1) is 0 Å². The van der Waals surface area contributed by atoms with E-state index in [1.165, 1.54) is 4.80 Å². The first-order valence-electron chi connectivity index (χ1n) is 7.43. The average Bonchev–Trinajstić information content (AvgIpc) is 2.83. The first kappa shape index (κ1) is 14.0. The van der Waals surface area contributed by atoms with E-state index in [2.05, 4.69) is 22.4 Å². The van der Waals surface area contributed by atoms with Crippen molar-refractivity contribution in [3.8, 4) is 0 Å². The standard InChI is InChI=1S/C15H20N4O2/c1-2-12(10-7-11(20)8-10)16-15(21)9-19-17-13-5-3-4-6-14(13)18-19/h3-6,10-12,20H,2,7-9H2,1H3,(H,16,21)/t10?,11?,12-/m0/s1. The fourth-order valence-corrected chi connectivity index (χ4v) is 2.87. The first-order valence-corrected chi connectivity index (χ1v) is 7.43. The number of hydrogen-bond donors (Lipinski definition) is 2. The largest absolute Gasteiger partial charge is 0.393 e. The number of amides is 1. The van der Waals surface area contributed by atoms with Crippen LogP contribution in [0.1, 0.15) is 26.2 Å². The maximum Gasteiger partial charge on any atom is 0.243 e. The summed E-state index contributed by atoms with van der Waals surface area (Å²) < 4.78 is 0. The second-order valence-corrected chi connectivity index (χ2v) is 5.69. The second-order valence-electron chi connectivity index (χ2n) is 5.69. The maximum absolute atomic E-state index is 12.1. The second kappa shape index (κ2) is 5.81. The number of aliphatic hydroxyl groups excluding tert-OH is 1. The molecule has 1 fully saturated rings. The monoisotopic (exact) mass is 288 g/mol. The van der Waals surface area contributed by atoms with Crippen molar-refractivity contribution in [1.82, 2.24) is 20.3 Å². The van der Waals surface area contributed by atoms with E-state index in [1.54, 1.807) is 0 Å². The van der Waals surface area contributed by atoms with Gasteiger partial charge >= 0.3 is 0 Å². The predicted octanol–water partition coefficient (Wildman–Crippen LogP) is 1.10. The van der Waals surface area contributed by atoms with E-state index in [-0.39, 0.29) is 24.6 Å². The molecule has 112 valence electrons. The molecule has 0 spiro atoms. The van der Waals surface area contributed by atoms with E-state index in [4.69, 9.17) is 0 Å². The number of aromatic nitrogens is 3. The van der Waals surface area contributed by atoms with Crippen LogP contribution in [-0.4, -0.2) is 38.2 Å². The molecule has 0 bridgehead atoms. The fraction of sp³-hybridized carbons (Fsp3) is 0.533. The van der Waals surface area contributed by atoms with Crippen molar-refractivity contribution in [2.24, 2.45) is 5.92 Å². The van der Waals surface area contributed by atoms with E-state index < -0.39 is 0 Å². The van der Waals surface area contributed by atoms with Crippen LogP contribution in [0.15, 0.2) is 24.3 Å². The Morgan fingerprint density at radius 3 is 2.52 bits per heavy atom. The molecule has 1 aliphatic carbocycles. The lowest BCUT2D eigenvalue weighted by molar-refractivity contribution is -0.124. The molecule has 1 aromatic carbocycles. The number of carbonyl (C=O) groups is 1. The minimum atomic E-state index is -0.195. The molecule has 0 unspecified atom stereocenters. The molecule has 1 amide bonds. The van der Waals surface area contributed by atoms with E-state index in [0.717, 1.165) is 30.3 Å². The molecule has 2 aromatic rings. The highest BCUT2D eigenvalue weighted by atomic mass is 16.3. The van der Waals surface area contributed by atoms with Crippen LogP contribution < -0.4 is 5.32 Å². The van der Waals surface area contributed by atoms with Crippen LogP contribution in [0.2, 0.25) is 0 Å². The third-order valence-corrected chi connectivity index (χ3v) is 4.12. The van der Waals surface area contributed by atoms with Crippen LogP contribution in [0.25, 0.3) is 11.0 Å². The van der Waals surface area contributed by atoms with Crippen LogP contribution in [0.3, 0.4) is 0 Å². The van der Waals surface area contributed by atoms with E-state index in [1.807, 2.05) is 24.3 Å². The Morgan fingerprint density at radius 1 is 1.38 bits per heavy atom. The highest BCUT2D eigenvalue weighted by molar-refractivity contribution is 5.77. The zero-order valence-electron chi connectivity index (χ0n) is 12.1. The van der Waals surface area contributed by atoms with E-state index in [0.29, 0.717) is 5.92 Å². The zero-order chi connectivity index (χ0) is 14.8. The highest BCUT2D eigenvalue weighted by Gasteiger charge is 2.33. The lowest BCUT2D eigenvalue weighted by Gasteiger charge is -2.37. The molecule has 1 saturated carbocycles. The van der Waals surface area contributed by atoms with Crippen molar-refractivity contribution in [1.29, 1.82) is 0 Å². The van der Waals surface area contributed by atoms with Gasteiger partial charge in [0.25, 0.3) is 0 Å². The van der Waals surface area contributed by atoms with Crippen LogP contribution in [0.4, 0.5) is 0 Å². The molecule has 1 atom stereocenters. The number of rotatable bonds is 5. The third kappa shape index (κ3) is 3.05. The molecule has 0 aliphatic heterocycles. The molecule has 2 N–H and O–H groups in total. The zero-order valence-corrected chi connectivity index (χ0v) is 12.1. The van der Waals surface area contributed by atoms with Crippen LogP contribution in [-0.2, 0) is 11.3 Å². The third-order valence-electron chi connectivity index (χ3n) is 4.12. The molecule has 0 radical (unpaired) electrons. The molecular weight excluding hydrogens is 268 g/mol. The fourth-order valence-electron chi connectivity index (χ4n) is 2.87. The Kier molecular flexibility index (Phi) is 3.88. The Bertz CT molecular complexity index is 600. The van der Waals surface area contributed by atoms with Crippen molar-refractivity contribution in [3.63, 3.8) is 0 Å². The minimum absolute atomic E-state index is 0.0801. The minimum Gasteiger partial charge on any atom is -0.393 e. The van der Waals surface area contributed by atoms with E-state index >= 15 is 0 Å². The summed E-state index contributed by atoms with van der Waals surface area (Å²) in [6.07, 6.45) is 2.24. The Morgan fingerprint density at radius 2 is 2.00 bits per heavy atom. The van der Waals surface area contributed by atoms with Gasteiger partial charge in [0.05, 0.1) is 6.10 Å².